The van der Waals surface area contributed by atoms with Gasteiger partial charge < -0.3 is 23.7 Å². The van der Waals surface area contributed by atoms with Crippen LogP contribution in [0.15, 0.2) is 18.2 Å². The van der Waals surface area contributed by atoms with E-state index in [0.29, 0.717) is 12.8 Å². The molecule has 0 radical (unpaired) electrons. The number of hydrogen-bond acceptors (Lipinski definition) is 8. The summed E-state index contributed by atoms with van der Waals surface area (Å²) in [5.41, 5.74) is 0.745. The fraction of sp³-hybridized carbons (Fsp3) is 0.700. The van der Waals surface area contributed by atoms with Gasteiger partial charge in [0.15, 0.2) is 11.5 Å². The van der Waals surface area contributed by atoms with Crippen LogP contribution < -0.4 is 9.47 Å². The van der Waals surface area contributed by atoms with Gasteiger partial charge in [0.05, 0.1) is 19.8 Å². The Bertz CT molecular complexity index is 792. The number of rotatable bonds is 21. The highest BCUT2D eigenvalue weighted by atomic mass is 16.7. The maximum atomic E-state index is 12.1. The second-order valence-corrected chi connectivity index (χ2v) is 9.31. The number of esters is 1. The van der Waals surface area contributed by atoms with Crippen molar-refractivity contribution in [3.05, 3.63) is 23.8 Å². The zero-order valence-electron chi connectivity index (χ0n) is 23.7. The van der Waals surface area contributed by atoms with Crippen LogP contribution in [0.25, 0.3) is 0 Å². The third-order valence-corrected chi connectivity index (χ3v) is 6.06. The highest BCUT2D eigenvalue weighted by Crippen LogP contribution is 2.29. The Balaban J connectivity index is 2.25. The average molecular weight is 537 g/mol. The number of carbonyl (C=O) groups excluding carboxylic acids is 3. The third kappa shape index (κ3) is 16.9. The molecule has 8 heteroatoms. The monoisotopic (exact) mass is 536 g/mol. The molecule has 216 valence electrons. The first-order valence-corrected chi connectivity index (χ1v) is 14.5. The Labute approximate surface area is 228 Å². The van der Waals surface area contributed by atoms with Crippen molar-refractivity contribution in [2.75, 3.05) is 19.8 Å². The molecule has 1 aromatic carbocycles. The van der Waals surface area contributed by atoms with E-state index in [0.717, 1.165) is 24.8 Å². The van der Waals surface area contributed by atoms with Gasteiger partial charge >= 0.3 is 18.3 Å². The van der Waals surface area contributed by atoms with Crippen molar-refractivity contribution < 1.29 is 38.1 Å². The summed E-state index contributed by atoms with van der Waals surface area (Å²) in [6.45, 7) is 6.05. The van der Waals surface area contributed by atoms with Crippen molar-refractivity contribution in [3.8, 4) is 11.5 Å². The van der Waals surface area contributed by atoms with Gasteiger partial charge in [0, 0.05) is 12.8 Å². The lowest BCUT2D eigenvalue weighted by molar-refractivity contribution is -0.143. The summed E-state index contributed by atoms with van der Waals surface area (Å²) in [6, 6.07) is 4.74. The van der Waals surface area contributed by atoms with Crippen LogP contribution in [0.1, 0.15) is 116 Å². The SMILES string of the molecule is CCCCCCCCCCCCCCCC(=O)OCCc1ccc(OC(=O)OCC)c(OC(=O)OCC)c1. The quantitative estimate of drug-likeness (QED) is 0.0669. The Hall–Kier alpha value is -2.77. The molecule has 0 unspecified atom stereocenters. The van der Waals surface area contributed by atoms with Gasteiger partial charge in [-0.2, -0.15) is 0 Å². The molecule has 0 bridgehead atoms. The highest BCUT2D eigenvalue weighted by molar-refractivity contribution is 5.70. The molecule has 0 fully saturated rings. The maximum Gasteiger partial charge on any atom is 0.513 e. The van der Waals surface area contributed by atoms with Crippen molar-refractivity contribution >= 4 is 18.3 Å². The first-order chi connectivity index (χ1) is 18.5. The van der Waals surface area contributed by atoms with Gasteiger partial charge in [0.25, 0.3) is 0 Å². The van der Waals surface area contributed by atoms with E-state index in [1.807, 2.05) is 0 Å². The molecule has 0 aliphatic rings. The van der Waals surface area contributed by atoms with Gasteiger partial charge in [0.2, 0.25) is 0 Å². The molecule has 1 rings (SSSR count). The summed E-state index contributed by atoms with van der Waals surface area (Å²) in [5, 5.41) is 0. The van der Waals surface area contributed by atoms with Crippen LogP contribution in [0.2, 0.25) is 0 Å². The molecular weight excluding hydrogens is 488 g/mol. The highest BCUT2D eigenvalue weighted by Gasteiger charge is 2.16. The molecule has 0 aliphatic heterocycles. The van der Waals surface area contributed by atoms with Crippen LogP contribution in [0.3, 0.4) is 0 Å². The second-order valence-electron chi connectivity index (χ2n) is 9.31. The fourth-order valence-electron chi connectivity index (χ4n) is 3.99. The molecule has 0 atom stereocenters. The van der Waals surface area contributed by atoms with E-state index in [4.69, 9.17) is 23.7 Å². The van der Waals surface area contributed by atoms with Crippen LogP contribution in [-0.4, -0.2) is 38.1 Å². The number of unbranched alkanes of at least 4 members (excludes halogenated alkanes) is 12. The molecule has 0 aliphatic carbocycles. The summed E-state index contributed by atoms with van der Waals surface area (Å²) >= 11 is 0. The summed E-state index contributed by atoms with van der Waals surface area (Å²) in [5.74, 6) is -0.162. The van der Waals surface area contributed by atoms with Gasteiger partial charge in [-0.1, -0.05) is 90.0 Å². The van der Waals surface area contributed by atoms with Crippen LogP contribution in [0, 0.1) is 0 Å². The van der Waals surface area contributed by atoms with Crippen molar-refractivity contribution in [2.24, 2.45) is 0 Å². The van der Waals surface area contributed by atoms with Gasteiger partial charge in [-0.25, -0.2) is 9.59 Å². The lowest BCUT2D eigenvalue weighted by Crippen LogP contribution is -2.14. The summed E-state index contributed by atoms with van der Waals surface area (Å²) in [4.78, 5) is 35.5. The first-order valence-electron chi connectivity index (χ1n) is 14.5. The molecule has 0 spiro atoms. The van der Waals surface area contributed by atoms with E-state index >= 15 is 0 Å². The third-order valence-electron chi connectivity index (χ3n) is 6.06. The van der Waals surface area contributed by atoms with Gasteiger partial charge in [-0.15, -0.1) is 0 Å². The average Bonchev–Trinajstić information content (AvgIpc) is 2.88. The zero-order chi connectivity index (χ0) is 27.8. The molecule has 8 nitrogen and oxygen atoms in total. The lowest BCUT2D eigenvalue weighted by Gasteiger charge is -2.12. The van der Waals surface area contributed by atoms with Crippen LogP contribution in [-0.2, 0) is 25.4 Å². The fourth-order valence-corrected chi connectivity index (χ4v) is 3.99. The van der Waals surface area contributed by atoms with Crippen molar-refractivity contribution in [1.29, 1.82) is 0 Å². The van der Waals surface area contributed by atoms with E-state index in [1.165, 1.54) is 70.3 Å². The molecule has 0 amide bonds. The molecular formula is C30H48O8. The predicted octanol–water partition coefficient (Wildman–Crippen LogP) is 8.32. The zero-order valence-corrected chi connectivity index (χ0v) is 23.7. The van der Waals surface area contributed by atoms with Gasteiger partial charge in [-0.05, 0) is 38.0 Å². The minimum Gasteiger partial charge on any atom is -0.465 e. The van der Waals surface area contributed by atoms with E-state index < -0.39 is 12.3 Å². The normalized spacial score (nSPS) is 10.6. The molecule has 0 aromatic heterocycles. The topological polar surface area (TPSA) is 97.4 Å². The van der Waals surface area contributed by atoms with E-state index in [-0.39, 0.29) is 37.3 Å². The molecule has 0 saturated heterocycles. The number of benzene rings is 1. The lowest BCUT2D eigenvalue weighted by atomic mass is 10.0. The van der Waals surface area contributed by atoms with E-state index in [1.54, 1.807) is 26.0 Å². The Kier molecular flexibility index (Phi) is 19.5. The summed E-state index contributed by atoms with van der Waals surface area (Å²) in [7, 11) is 0. The maximum absolute atomic E-state index is 12.1. The van der Waals surface area contributed by atoms with Gasteiger partial charge in [-0.3, -0.25) is 4.79 Å². The Morgan fingerprint density at radius 1 is 0.605 bits per heavy atom. The standard InChI is InChI=1S/C30H48O8/c1-4-7-8-9-10-11-12-13-14-15-16-17-18-19-28(31)36-23-22-25-20-21-26(37-29(32)34-5-2)27(24-25)38-30(33)35-6-3/h20-21,24H,4-19,22-23H2,1-3H3. The van der Waals surface area contributed by atoms with Crippen molar-refractivity contribution in [2.45, 2.75) is 117 Å². The van der Waals surface area contributed by atoms with Gasteiger partial charge in [0.1, 0.15) is 0 Å². The van der Waals surface area contributed by atoms with E-state index in [2.05, 4.69) is 6.92 Å². The Morgan fingerprint density at radius 3 is 1.63 bits per heavy atom. The number of hydrogen-bond donors (Lipinski definition) is 0. The number of ether oxygens (including phenoxy) is 5. The van der Waals surface area contributed by atoms with Crippen LogP contribution in [0.5, 0.6) is 11.5 Å². The van der Waals surface area contributed by atoms with Crippen molar-refractivity contribution in [3.63, 3.8) is 0 Å². The first kappa shape index (κ1) is 33.3. The largest absolute Gasteiger partial charge is 0.513 e. The summed E-state index contributed by atoms with van der Waals surface area (Å²) in [6.07, 6.45) is 15.4. The van der Waals surface area contributed by atoms with E-state index in [9.17, 15) is 14.4 Å². The molecule has 1 aromatic rings. The minimum atomic E-state index is -0.914. The second kappa shape index (κ2) is 22.2. The molecule has 0 saturated carbocycles. The molecule has 0 N–H and O–H groups in total. The minimum absolute atomic E-state index is 0.0207. The predicted molar refractivity (Wildman–Crippen MR) is 147 cm³/mol. The molecule has 0 heterocycles. The molecule has 38 heavy (non-hydrogen) atoms. The smallest absolute Gasteiger partial charge is 0.465 e. The Morgan fingerprint density at radius 2 is 1.11 bits per heavy atom. The number of carbonyl (C=O) groups is 3. The van der Waals surface area contributed by atoms with Crippen LogP contribution in [0.4, 0.5) is 9.59 Å². The van der Waals surface area contributed by atoms with Crippen molar-refractivity contribution in [1.82, 2.24) is 0 Å². The summed E-state index contributed by atoms with van der Waals surface area (Å²) < 4.78 is 25.2. The van der Waals surface area contributed by atoms with Crippen LogP contribution >= 0.6 is 0 Å².